The Hall–Kier alpha value is -1.15. The minimum atomic E-state index is -3.41. The van der Waals surface area contributed by atoms with E-state index in [1.54, 1.807) is 24.3 Å². The average Bonchev–Trinajstić information content (AvgIpc) is 2.48. The van der Waals surface area contributed by atoms with Gasteiger partial charge in [0.25, 0.3) is 0 Å². The summed E-state index contributed by atoms with van der Waals surface area (Å²) in [7, 11) is -3.41. The third-order valence-corrected chi connectivity index (χ3v) is 5.94. The van der Waals surface area contributed by atoms with Gasteiger partial charge < -0.3 is 10.1 Å². The molecule has 0 bridgehead atoms. The summed E-state index contributed by atoms with van der Waals surface area (Å²) in [5, 5.41) is 3.17. The molecule has 0 spiro atoms. The average molecular weight is 375 g/mol. The number of hydrogen-bond donors (Lipinski definition) is 1. The van der Waals surface area contributed by atoms with E-state index in [0.29, 0.717) is 18.1 Å². The molecule has 0 saturated carbocycles. The van der Waals surface area contributed by atoms with Crippen LogP contribution in [-0.4, -0.2) is 56.2 Å². The minimum absolute atomic E-state index is 0.0751. The van der Waals surface area contributed by atoms with Crippen molar-refractivity contribution < 1.29 is 17.9 Å². The lowest BCUT2D eigenvalue weighted by Crippen LogP contribution is -2.49. The smallest absolute Gasteiger partial charge is 0.224 e. The van der Waals surface area contributed by atoms with E-state index >= 15 is 0 Å². The van der Waals surface area contributed by atoms with Crippen molar-refractivity contribution in [3.63, 3.8) is 0 Å². The summed E-state index contributed by atoms with van der Waals surface area (Å²) in [6, 6.07) is 7.09. The zero-order valence-corrected chi connectivity index (χ0v) is 15.4. The molecule has 1 fully saturated rings. The summed E-state index contributed by atoms with van der Waals surface area (Å²) in [5.41, 5.74) is 0.718. The maximum atomic E-state index is 12.4. The van der Waals surface area contributed by atoms with Gasteiger partial charge >= 0.3 is 0 Å². The van der Waals surface area contributed by atoms with Gasteiger partial charge in [0.05, 0.1) is 24.4 Å². The van der Waals surface area contributed by atoms with Crippen LogP contribution in [0, 0.1) is 0 Å². The molecule has 0 aliphatic carbocycles. The van der Waals surface area contributed by atoms with Crippen LogP contribution < -0.4 is 5.32 Å². The highest BCUT2D eigenvalue weighted by Crippen LogP contribution is 2.16. The summed E-state index contributed by atoms with van der Waals surface area (Å²) in [4.78, 5) is 11.9. The molecule has 2 atom stereocenters. The third-order valence-electron chi connectivity index (χ3n) is 3.77. The Kier molecular flexibility index (Phi) is 6.62. The topological polar surface area (TPSA) is 75.7 Å². The van der Waals surface area contributed by atoms with Gasteiger partial charge in [-0.2, -0.15) is 4.31 Å². The number of morpholine rings is 1. The Bertz CT molecular complexity index is 670. The van der Waals surface area contributed by atoms with E-state index in [2.05, 4.69) is 5.32 Å². The Labute approximate surface area is 148 Å². The first kappa shape index (κ1) is 19.2. The number of sulfonamides is 1. The molecule has 134 valence electrons. The van der Waals surface area contributed by atoms with E-state index in [9.17, 15) is 13.2 Å². The molecular formula is C16H23ClN2O4S. The van der Waals surface area contributed by atoms with Gasteiger partial charge in [0.1, 0.15) is 0 Å². The quantitative estimate of drug-likeness (QED) is 0.817. The van der Waals surface area contributed by atoms with Gasteiger partial charge in [-0.15, -0.1) is 0 Å². The summed E-state index contributed by atoms with van der Waals surface area (Å²) < 4.78 is 31.7. The van der Waals surface area contributed by atoms with Gasteiger partial charge in [-0.05, 0) is 25.5 Å². The summed E-state index contributed by atoms with van der Waals surface area (Å²) in [5.74, 6) is -0.372. The Balaban J connectivity index is 1.82. The number of amides is 1. The van der Waals surface area contributed by atoms with Crippen LogP contribution in [0.15, 0.2) is 24.3 Å². The first-order valence-electron chi connectivity index (χ1n) is 7.91. The maximum Gasteiger partial charge on any atom is 0.224 e. The van der Waals surface area contributed by atoms with E-state index in [1.807, 2.05) is 13.8 Å². The van der Waals surface area contributed by atoms with Crippen molar-refractivity contribution >= 4 is 27.5 Å². The molecule has 24 heavy (non-hydrogen) atoms. The lowest BCUT2D eigenvalue weighted by atomic mass is 10.1. The number of hydrogen-bond acceptors (Lipinski definition) is 4. The Morgan fingerprint density at radius 1 is 1.29 bits per heavy atom. The molecule has 1 aromatic carbocycles. The fourth-order valence-electron chi connectivity index (χ4n) is 2.68. The molecule has 8 heteroatoms. The summed E-state index contributed by atoms with van der Waals surface area (Å²) in [6.07, 6.45) is -0.123. The van der Waals surface area contributed by atoms with Crippen molar-refractivity contribution in [3.8, 4) is 0 Å². The number of nitrogens with one attached hydrogen (secondary N) is 1. The van der Waals surface area contributed by atoms with Crippen LogP contribution in [0.25, 0.3) is 0 Å². The van der Waals surface area contributed by atoms with Gasteiger partial charge in [0.2, 0.25) is 15.9 Å². The Morgan fingerprint density at radius 2 is 1.92 bits per heavy atom. The standard InChI is InChI=1S/C16H23ClN2O4S/c1-12-10-19(11-13(2)23-12)24(21,22)8-7-18-16(20)9-14-5-3-4-6-15(14)17/h3-6,12-13H,7-11H2,1-2H3,(H,18,20). The normalized spacial score (nSPS) is 22.3. The molecular weight excluding hydrogens is 352 g/mol. The van der Waals surface area contributed by atoms with Gasteiger partial charge in [0, 0.05) is 24.7 Å². The van der Waals surface area contributed by atoms with Crippen LogP contribution >= 0.6 is 11.6 Å². The molecule has 1 heterocycles. The van der Waals surface area contributed by atoms with Crippen LogP contribution in [-0.2, 0) is 26.0 Å². The lowest BCUT2D eigenvalue weighted by Gasteiger charge is -2.34. The fourth-order valence-corrected chi connectivity index (χ4v) is 4.38. The van der Waals surface area contributed by atoms with Gasteiger partial charge in [-0.1, -0.05) is 29.8 Å². The summed E-state index contributed by atoms with van der Waals surface area (Å²) >= 11 is 6.01. The van der Waals surface area contributed by atoms with Crippen LogP contribution in [0.4, 0.5) is 0 Å². The van der Waals surface area contributed by atoms with E-state index in [4.69, 9.17) is 16.3 Å². The van der Waals surface area contributed by atoms with Crippen LogP contribution in [0.5, 0.6) is 0 Å². The molecule has 0 aromatic heterocycles. The second-order valence-electron chi connectivity index (χ2n) is 6.01. The molecule has 1 amide bonds. The molecule has 1 saturated heterocycles. The second-order valence-corrected chi connectivity index (χ2v) is 8.50. The largest absolute Gasteiger partial charge is 0.373 e. The zero-order chi connectivity index (χ0) is 17.7. The number of benzene rings is 1. The molecule has 0 radical (unpaired) electrons. The van der Waals surface area contributed by atoms with Crippen molar-refractivity contribution in [1.29, 1.82) is 0 Å². The number of rotatable bonds is 6. The highest BCUT2D eigenvalue weighted by Gasteiger charge is 2.30. The highest BCUT2D eigenvalue weighted by molar-refractivity contribution is 7.89. The number of ether oxygens (including phenoxy) is 1. The number of carbonyl (C=O) groups is 1. The molecule has 6 nitrogen and oxygen atoms in total. The van der Waals surface area contributed by atoms with Crippen LogP contribution in [0.1, 0.15) is 19.4 Å². The number of carbonyl (C=O) groups excluding carboxylic acids is 1. The molecule has 1 aliphatic heterocycles. The van der Waals surface area contributed by atoms with E-state index in [0.717, 1.165) is 5.56 Å². The molecule has 1 N–H and O–H groups in total. The van der Waals surface area contributed by atoms with Crippen molar-refractivity contribution in [2.45, 2.75) is 32.5 Å². The van der Waals surface area contributed by atoms with Crippen molar-refractivity contribution in [1.82, 2.24) is 9.62 Å². The van der Waals surface area contributed by atoms with Gasteiger partial charge in [-0.25, -0.2) is 8.42 Å². The van der Waals surface area contributed by atoms with E-state index in [-0.39, 0.29) is 36.8 Å². The van der Waals surface area contributed by atoms with Crippen LogP contribution in [0.2, 0.25) is 5.02 Å². The first-order chi connectivity index (χ1) is 11.3. The first-order valence-corrected chi connectivity index (χ1v) is 9.90. The van der Waals surface area contributed by atoms with Crippen LogP contribution in [0.3, 0.4) is 0 Å². The number of nitrogens with zero attached hydrogens (tertiary/aromatic N) is 1. The third kappa shape index (κ3) is 5.44. The highest BCUT2D eigenvalue weighted by atomic mass is 35.5. The molecule has 2 unspecified atom stereocenters. The van der Waals surface area contributed by atoms with E-state index in [1.165, 1.54) is 4.31 Å². The monoisotopic (exact) mass is 374 g/mol. The van der Waals surface area contributed by atoms with Gasteiger partial charge in [0.15, 0.2) is 0 Å². The van der Waals surface area contributed by atoms with Gasteiger partial charge in [-0.3, -0.25) is 4.79 Å². The minimum Gasteiger partial charge on any atom is -0.373 e. The lowest BCUT2D eigenvalue weighted by molar-refractivity contribution is -0.120. The SMILES string of the molecule is CC1CN(S(=O)(=O)CCNC(=O)Cc2ccccc2Cl)CC(C)O1. The van der Waals surface area contributed by atoms with Crippen molar-refractivity contribution in [2.75, 3.05) is 25.4 Å². The molecule has 1 aromatic rings. The van der Waals surface area contributed by atoms with E-state index < -0.39 is 10.0 Å². The molecule has 1 aliphatic rings. The molecule has 2 rings (SSSR count). The number of halogens is 1. The second kappa shape index (κ2) is 8.29. The van der Waals surface area contributed by atoms with Crippen molar-refractivity contribution in [3.05, 3.63) is 34.9 Å². The van der Waals surface area contributed by atoms with Crippen molar-refractivity contribution in [2.24, 2.45) is 0 Å². The Morgan fingerprint density at radius 3 is 2.54 bits per heavy atom. The predicted molar refractivity (Wildman–Crippen MR) is 93.5 cm³/mol. The maximum absolute atomic E-state index is 12.4. The predicted octanol–water partition coefficient (Wildman–Crippen LogP) is 1.44. The fraction of sp³-hybridized carbons (Fsp3) is 0.562. The summed E-state index contributed by atoms with van der Waals surface area (Å²) in [6.45, 7) is 4.47. The zero-order valence-electron chi connectivity index (χ0n) is 13.9.